The van der Waals surface area contributed by atoms with E-state index in [1.807, 2.05) is 0 Å². The van der Waals surface area contributed by atoms with Crippen molar-refractivity contribution in [2.75, 3.05) is 5.01 Å². The van der Waals surface area contributed by atoms with E-state index in [9.17, 15) is 19.7 Å². The summed E-state index contributed by atoms with van der Waals surface area (Å²) < 4.78 is 2.52. The maximum Gasteiger partial charge on any atom is 0.282 e. The molecule has 9 heteroatoms. The Hall–Kier alpha value is -3.72. The number of nitro benzene ring substituents is 1. The van der Waals surface area contributed by atoms with Crippen LogP contribution >= 0.6 is 15.9 Å². The van der Waals surface area contributed by atoms with E-state index in [0.29, 0.717) is 17.1 Å². The van der Waals surface area contributed by atoms with Crippen LogP contribution in [0, 0.1) is 10.1 Å². The van der Waals surface area contributed by atoms with E-state index >= 15 is 0 Å². The minimum atomic E-state index is -0.523. The largest absolute Gasteiger partial charge is 0.317 e. The molecule has 1 N–H and O–H groups in total. The molecule has 0 aliphatic carbocycles. The van der Waals surface area contributed by atoms with Crippen LogP contribution < -0.4 is 10.4 Å². The number of benzene rings is 2. The molecular weight excluding hydrogens is 440 g/mol. The van der Waals surface area contributed by atoms with E-state index in [1.54, 1.807) is 59.3 Å². The van der Waals surface area contributed by atoms with E-state index in [1.165, 1.54) is 23.2 Å². The lowest BCUT2D eigenvalue weighted by Gasteiger charge is -2.14. The van der Waals surface area contributed by atoms with Gasteiger partial charge in [-0.15, -0.1) is 0 Å². The molecule has 2 amide bonds. The number of halogens is 1. The highest BCUT2D eigenvalue weighted by molar-refractivity contribution is 9.10. The summed E-state index contributed by atoms with van der Waals surface area (Å²) in [6.07, 6.45) is 3.17. The summed E-state index contributed by atoms with van der Waals surface area (Å²) in [6.45, 7) is 0. The zero-order valence-corrected chi connectivity index (χ0v) is 16.4. The number of nitro groups is 1. The van der Waals surface area contributed by atoms with Crippen LogP contribution in [0.5, 0.6) is 0 Å². The first-order chi connectivity index (χ1) is 13.9. The van der Waals surface area contributed by atoms with E-state index in [4.69, 9.17) is 0 Å². The molecule has 4 rings (SSSR count). The second-order valence-electron chi connectivity index (χ2n) is 6.20. The molecule has 2 aromatic carbocycles. The number of amides is 2. The Morgan fingerprint density at radius 3 is 2.48 bits per heavy atom. The highest BCUT2D eigenvalue weighted by atomic mass is 79.9. The van der Waals surface area contributed by atoms with Gasteiger partial charge in [0.15, 0.2) is 0 Å². The van der Waals surface area contributed by atoms with Gasteiger partial charge in [0.2, 0.25) is 0 Å². The van der Waals surface area contributed by atoms with Gasteiger partial charge in [0.25, 0.3) is 17.5 Å². The number of non-ortho nitro benzene ring substituents is 1. The predicted molar refractivity (Wildman–Crippen MR) is 110 cm³/mol. The molecule has 1 aromatic heterocycles. The van der Waals surface area contributed by atoms with Crippen LogP contribution in [0.15, 0.2) is 76.9 Å². The van der Waals surface area contributed by atoms with Gasteiger partial charge < -0.3 is 4.57 Å². The molecule has 0 radical (unpaired) electrons. The molecule has 2 heterocycles. The predicted octanol–water partition coefficient (Wildman–Crippen LogP) is 3.61. The first-order valence-corrected chi connectivity index (χ1v) is 9.28. The standard InChI is InChI=1S/C20H13BrN4O4/c21-13-6-8-14(9-7-13)24-20(27)18(19(26)22-24)12-16-5-2-10-23(16)15-3-1-4-17(11-15)25(28)29/h1-12H,(H,22,26)/b18-12+. The SMILES string of the molecule is O=C1NN(c2ccc(Br)cc2)C(=O)/C1=C/c1cccn1-c1cccc([N+](=O)[O-])c1. The Morgan fingerprint density at radius 1 is 1.00 bits per heavy atom. The lowest BCUT2D eigenvalue weighted by atomic mass is 10.2. The fourth-order valence-corrected chi connectivity index (χ4v) is 3.24. The molecule has 1 aliphatic heterocycles. The summed E-state index contributed by atoms with van der Waals surface area (Å²) in [5.41, 5.74) is 4.09. The van der Waals surface area contributed by atoms with Crippen LogP contribution in [0.25, 0.3) is 11.8 Å². The third-order valence-corrected chi connectivity index (χ3v) is 4.90. The minimum Gasteiger partial charge on any atom is -0.317 e. The van der Waals surface area contributed by atoms with Gasteiger partial charge in [0.05, 0.1) is 16.3 Å². The van der Waals surface area contributed by atoms with Crippen molar-refractivity contribution in [1.29, 1.82) is 0 Å². The van der Waals surface area contributed by atoms with Gasteiger partial charge in [-0.25, -0.2) is 5.01 Å². The molecule has 1 saturated heterocycles. The lowest BCUT2D eigenvalue weighted by molar-refractivity contribution is -0.384. The fourth-order valence-electron chi connectivity index (χ4n) is 2.98. The first-order valence-electron chi connectivity index (χ1n) is 8.49. The quantitative estimate of drug-likeness (QED) is 0.283. The van der Waals surface area contributed by atoms with E-state index in [-0.39, 0.29) is 11.3 Å². The summed E-state index contributed by atoms with van der Waals surface area (Å²) in [5.74, 6) is -1.01. The number of anilines is 1. The van der Waals surface area contributed by atoms with Crippen molar-refractivity contribution in [1.82, 2.24) is 9.99 Å². The van der Waals surface area contributed by atoms with Gasteiger partial charge in [-0.2, -0.15) is 0 Å². The zero-order chi connectivity index (χ0) is 20.5. The topological polar surface area (TPSA) is 97.5 Å². The van der Waals surface area contributed by atoms with Gasteiger partial charge in [-0.05, 0) is 48.5 Å². The van der Waals surface area contributed by atoms with Gasteiger partial charge >= 0.3 is 0 Å². The van der Waals surface area contributed by atoms with Crippen LogP contribution in [0.4, 0.5) is 11.4 Å². The highest BCUT2D eigenvalue weighted by Crippen LogP contribution is 2.25. The number of nitrogens with one attached hydrogen (secondary N) is 1. The van der Waals surface area contributed by atoms with Crippen LogP contribution in [-0.2, 0) is 9.59 Å². The van der Waals surface area contributed by atoms with E-state index in [0.717, 1.165) is 4.47 Å². The Labute approximate surface area is 173 Å². The molecule has 0 saturated carbocycles. The average Bonchev–Trinajstić information content (AvgIpc) is 3.29. The first kappa shape index (κ1) is 18.6. The molecule has 29 heavy (non-hydrogen) atoms. The molecule has 0 bridgehead atoms. The number of carbonyl (C=O) groups excluding carboxylic acids is 2. The highest BCUT2D eigenvalue weighted by Gasteiger charge is 2.34. The van der Waals surface area contributed by atoms with Crippen molar-refractivity contribution in [3.05, 3.63) is 92.7 Å². The summed E-state index contributed by atoms with van der Waals surface area (Å²) in [6, 6.07) is 16.5. The average molecular weight is 453 g/mol. The maximum atomic E-state index is 12.8. The number of carbonyl (C=O) groups is 2. The Kier molecular flexibility index (Phi) is 4.73. The lowest BCUT2D eigenvalue weighted by Crippen LogP contribution is -2.35. The number of nitrogens with zero attached hydrogens (tertiary/aromatic N) is 3. The molecular formula is C20H13BrN4O4. The molecule has 0 unspecified atom stereocenters. The van der Waals surface area contributed by atoms with Crippen molar-refractivity contribution in [2.45, 2.75) is 0 Å². The Morgan fingerprint density at radius 2 is 1.76 bits per heavy atom. The van der Waals surface area contributed by atoms with Gasteiger partial charge in [-0.1, -0.05) is 22.0 Å². The zero-order valence-electron chi connectivity index (χ0n) is 14.8. The monoisotopic (exact) mass is 452 g/mol. The summed E-state index contributed by atoms with van der Waals surface area (Å²) in [7, 11) is 0. The summed E-state index contributed by atoms with van der Waals surface area (Å²) >= 11 is 3.33. The molecule has 1 fully saturated rings. The molecule has 0 spiro atoms. The molecule has 144 valence electrons. The van der Waals surface area contributed by atoms with E-state index < -0.39 is 16.7 Å². The number of hydrogen-bond donors (Lipinski definition) is 1. The van der Waals surface area contributed by atoms with Crippen molar-refractivity contribution in [3.63, 3.8) is 0 Å². The van der Waals surface area contributed by atoms with Crippen molar-refractivity contribution >= 4 is 45.2 Å². The molecule has 0 atom stereocenters. The Balaban J connectivity index is 1.69. The van der Waals surface area contributed by atoms with Gasteiger partial charge in [0, 0.05) is 28.5 Å². The summed E-state index contributed by atoms with van der Waals surface area (Å²) in [4.78, 5) is 35.8. The molecule has 1 aliphatic rings. The molecule has 3 aromatic rings. The maximum absolute atomic E-state index is 12.8. The molecule has 8 nitrogen and oxygen atoms in total. The van der Waals surface area contributed by atoms with Crippen molar-refractivity contribution in [3.8, 4) is 5.69 Å². The number of aromatic nitrogens is 1. The number of hydrazine groups is 1. The normalized spacial score (nSPS) is 15.1. The number of rotatable bonds is 4. The van der Waals surface area contributed by atoms with Crippen LogP contribution in [0.3, 0.4) is 0 Å². The van der Waals surface area contributed by atoms with Crippen LogP contribution in [0.2, 0.25) is 0 Å². The fraction of sp³-hybridized carbons (Fsp3) is 0. The van der Waals surface area contributed by atoms with Crippen molar-refractivity contribution < 1.29 is 14.5 Å². The smallest absolute Gasteiger partial charge is 0.282 e. The van der Waals surface area contributed by atoms with E-state index in [2.05, 4.69) is 21.4 Å². The third kappa shape index (κ3) is 3.55. The number of hydrogen-bond acceptors (Lipinski definition) is 4. The summed E-state index contributed by atoms with van der Waals surface area (Å²) in [5, 5.41) is 12.2. The van der Waals surface area contributed by atoms with Gasteiger partial charge in [0.1, 0.15) is 5.57 Å². The van der Waals surface area contributed by atoms with Crippen molar-refractivity contribution in [2.24, 2.45) is 0 Å². The minimum absolute atomic E-state index is 0.0294. The second-order valence-corrected chi connectivity index (χ2v) is 7.11. The van der Waals surface area contributed by atoms with Crippen LogP contribution in [0.1, 0.15) is 5.69 Å². The Bertz CT molecular complexity index is 1170. The third-order valence-electron chi connectivity index (χ3n) is 4.37. The van der Waals surface area contributed by atoms with Crippen LogP contribution in [-0.4, -0.2) is 21.3 Å². The van der Waals surface area contributed by atoms with Gasteiger partial charge in [-0.3, -0.25) is 25.1 Å². The second kappa shape index (κ2) is 7.36.